The van der Waals surface area contributed by atoms with Crippen LogP contribution < -0.4 is 5.32 Å². The number of nitrogens with one attached hydrogen (secondary N) is 1. The summed E-state index contributed by atoms with van der Waals surface area (Å²) in [7, 11) is 0. The Labute approximate surface area is 168 Å². The van der Waals surface area contributed by atoms with Crippen LogP contribution >= 0.6 is 0 Å². The minimum Gasteiger partial charge on any atom is -0.351 e. The van der Waals surface area contributed by atoms with E-state index in [2.05, 4.69) is 5.32 Å². The number of imide groups is 2. The molecule has 156 valence electrons. The Morgan fingerprint density at radius 3 is 2.41 bits per heavy atom. The average molecular weight is 404 g/mol. The van der Waals surface area contributed by atoms with Crippen LogP contribution in [0.25, 0.3) is 0 Å². The minimum absolute atomic E-state index is 0.0353. The van der Waals surface area contributed by atoms with Crippen LogP contribution in [0, 0.1) is 5.82 Å². The van der Waals surface area contributed by atoms with Crippen molar-refractivity contribution in [3.8, 4) is 0 Å². The highest BCUT2D eigenvalue weighted by molar-refractivity contribution is 6.44. The van der Waals surface area contributed by atoms with Crippen LogP contribution in [-0.2, 0) is 20.9 Å². The van der Waals surface area contributed by atoms with E-state index in [4.69, 9.17) is 0 Å². The van der Waals surface area contributed by atoms with Crippen LogP contribution in [-0.4, -0.2) is 64.3 Å². The molecule has 0 atom stereocenters. The number of rotatable bonds is 8. The number of amides is 5. The molecule has 1 heterocycles. The highest BCUT2D eigenvalue weighted by atomic mass is 19.1. The fourth-order valence-electron chi connectivity index (χ4n) is 3.66. The third kappa shape index (κ3) is 4.79. The summed E-state index contributed by atoms with van der Waals surface area (Å²) in [4.78, 5) is 53.1. The van der Waals surface area contributed by atoms with E-state index in [0.717, 1.165) is 41.0 Å². The van der Waals surface area contributed by atoms with Crippen molar-refractivity contribution in [1.29, 1.82) is 0 Å². The number of hydrogen-bond donors (Lipinski definition) is 1. The van der Waals surface area contributed by atoms with Crippen LogP contribution in [0.4, 0.5) is 9.18 Å². The summed E-state index contributed by atoms with van der Waals surface area (Å²) in [5.74, 6) is -2.27. The minimum atomic E-state index is -0.841. The van der Waals surface area contributed by atoms with E-state index in [1.54, 1.807) is 24.0 Å². The van der Waals surface area contributed by atoms with E-state index in [9.17, 15) is 23.6 Å². The normalized spacial score (nSPS) is 17.7. The Hall–Kier alpha value is -2.81. The molecule has 0 bridgehead atoms. The second kappa shape index (κ2) is 9.13. The van der Waals surface area contributed by atoms with Gasteiger partial charge in [0.15, 0.2) is 0 Å². The molecule has 1 aliphatic heterocycles. The van der Waals surface area contributed by atoms with Gasteiger partial charge in [-0.15, -0.1) is 0 Å². The van der Waals surface area contributed by atoms with Gasteiger partial charge in [-0.05, 0) is 37.1 Å². The SMILES string of the molecule is CCN(CC(=O)NCc1ccc(F)cc1)CN1C(=O)C(=O)N(C2CCCC2)C1=O. The molecular weight excluding hydrogens is 379 g/mol. The lowest BCUT2D eigenvalue weighted by Gasteiger charge is -2.25. The molecule has 29 heavy (non-hydrogen) atoms. The number of nitrogens with zero attached hydrogens (tertiary/aromatic N) is 3. The van der Waals surface area contributed by atoms with Gasteiger partial charge in [0.1, 0.15) is 5.82 Å². The van der Waals surface area contributed by atoms with Crippen LogP contribution in [0.5, 0.6) is 0 Å². The Bertz CT molecular complexity index is 792. The average Bonchev–Trinajstić information content (AvgIpc) is 3.30. The third-order valence-corrected chi connectivity index (χ3v) is 5.33. The van der Waals surface area contributed by atoms with E-state index in [0.29, 0.717) is 6.54 Å². The molecule has 8 nitrogen and oxygen atoms in total. The summed E-state index contributed by atoms with van der Waals surface area (Å²) in [6.45, 7) is 2.30. The molecule has 9 heteroatoms. The van der Waals surface area contributed by atoms with Crippen molar-refractivity contribution < 1.29 is 23.6 Å². The lowest BCUT2D eigenvalue weighted by molar-refractivity contribution is -0.144. The molecule has 1 saturated heterocycles. The van der Waals surface area contributed by atoms with Crippen LogP contribution in [0.1, 0.15) is 38.2 Å². The summed E-state index contributed by atoms with van der Waals surface area (Å²) < 4.78 is 12.9. The molecule has 0 spiro atoms. The lowest BCUT2D eigenvalue weighted by Crippen LogP contribution is -2.46. The van der Waals surface area contributed by atoms with E-state index in [1.165, 1.54) is 12.1 Å². The zero-order valence-corrected chi connectivity index (χ0v) is 16.4. The second-order valence-electron chi connectivity index (χ2n) is 7.32. The fourth-order valence-corrected chi connectivity index (χ4v) is 3.66. The molecule has 1 aromatic rings. The van der Waals surface area contributed by atoms with Crippen molar-refractivity contribution in [2.75, 3.05) is 19.8 Å². The number of halogens is 1. The molecule has 0 aromatic heterocycles. The first kappa shape index (κ1) is 20.9. The van der Waals surface area contributed by atoms with Gasteiger partial charge >= 0.3 is 17.8 Å². The number of urea groups is 1. The van der Waals surface area contributed by atoms with Gasteiger partial charge in [0.2, 0.25) is 5.91 Å². The monoisotopic (exact) mass is 404 g/mol. The Morgan fingerprint density at radius 1 is 1.14 bits per heavy atom. The topological polar surface area (TPSA) is 90.0 Å². The Balaban J connectivity index is 1.55. The standard InChI is InChI=1S/C20H25FN4O4/c1-2-23(12-17(26)22-11-14-7-9-15(21)10-8-14)13-24-18(27)19(28)25(20(24)29)16-5-3-4-6-16/h7-10,16H,2-6,11-13H2,1H3,(H,22,26). The summed E-state index contributed by atoms with van der Waals surface area (Å²) in [5, 5.41) is 2.72. The van der Waals surface area contributed by atoms with Crippen LogP contribution in [0.3, 0.4) is 0 Å². The molecule has 2 fully saturated rings. The quantitative estimate of drug-likeness (QED) is 0.523. The molecule has 0 radical (unpaired) electrons. The summed E-state index contributed by atoms with van der Waals surface area (Å²) in [6, 6.07) is 4.99. The van der Waals surface area contributed by atoms with Crippen molar-refractivity contribution in [3.63, 3.8) is 0 Å². The van der Waals surface area contributed by atoms with Gasteiger partial charge in [0.25, 0.3) is 0 Å². The summed E-state index contributed by atoms with van der Waals surface area (Å²) in [5.41, 5.74) is 0.755. The van der Waals surface area contributed by atoms with Crippen molar-refractivity contribution in [3.05, 3.63) is 35.6 Å². The maximum absolute atomic E-state index is 12.9. The number of likely N-dealkylation sites (N-methyl/N-ethyl adjacent to an activating group) is 1. The van der Waals surface area contributed by atoms with Crippen molar-refractivity contribution in [2.45, 2.75) is 45.2 Å². The third-order valence-electron chi connectivity index (χ3n) is 5.33. The molecule has 2 aliphatic rings. The zero-order chi connectivity index (χ0) is 21.0. The lowest BCUT2D eigenvalue weighted by atomic mass is 10.2. The Morgan fingerprint density at radius 2 is 1.79 bits per heavy atom. The predicted octanol–water partition coefficient (Wildman–Crippen LogP) is 1.45. The van der Waals surface area contributed by atoms with E-state index in [-0.39, 0.29) is 37.5 Å². The van der Waals surface area contributed by atoms with Crippen LogP contribution in [0.2, 0.25) is 0 Å². The molecule has 1 aromatic carbocycles. The molecule has 5 amide bonds. The number of hydrogen-bond acceptors (Lipinski definition) is 5. The largest absolute Gasteiger partial charge is 0.351 e. The van der Waals surface area contributed by atoms with Gasteiger partial charge in [0.05, 0.1) is 13.2 Å². The van der Waals surface area contributed by atoms with E-state index in [1.807, 2.05) is 0 Å². The Kier molecular flexibility index (Phi) is 6.58. The molecule has 1 aliphatic carbocycles. The number of carbonyl (C=O) groups excluding carboxylic acids is 4. The van der Waals surface area contributed by atoms with E-state index < -0.39 is 17.8 Å². The number of carbonyl (C=O) groups is 4. The van der Waals surface area contributed by atoms with Gasteiger partial charge in [-0.2, -0.15) is 0 Å². The van der Waals surface area contributed by atoms with E-state index >= 15 is 0 Å². The smallest absolute Gasteiger partial charge is 0.335 e. The van der Waals surface area contributed by atoms with Gasteiger partial charge in [-0.3, -0.25) is 24.2 Å². The van der Waals surface area contributed by atoms with Gasteiger partial charge < -0.3 is 5.32 Å². The first-order valence-electron chi connectivity index (χ1n) is 9.83. The highest BCUT2D eigenvalue weighted by Crippen LogP contribution is 2.27. The molecule has 1 saturated carbocycles. The summed E-state index contributed by atoms with van der Waals surface area (Å²) >= 11 is 0. The molecule has 1 N–H and O–H groups in total. The van der Waals surface area contributed by atoms with Crippen molar-refractivity contribution in [1.82, 2.24) is 20.0 Å². The first-order valence-corrected chi connectivity index (χ1v) is 9.83. The summed E-state index contributed by atoms with van der Waals surface area (Å²) in [6.07, 6.45) is 3.32. The number of benzene rings is 1. The van der Waals surface area contributed by atoms with Gasteiger partial charge in [-0.25, -0.2) is 14.1 Å². The maximum Gasteiger partial charge on any atom is 0.335 e. The van der Waals surface area contributed by atoms with Gasteiger partial charge in [-0.1, -0.05) is 31.9 Å². The van der Waals surface area contributed by atoms with Crippen molar-refractivity contribution in [2.24, 2.45) is 0 Å². The first-order chi connectivity index (χ1) is 13.9. The highest BCUT2D eigenvalue weighted by Gasteiger charge is 2.48. The predicted molar refractivity (Wildman–Crippen MR) is 102 cm³/mol. The van der Waals surface area contributed by atoms with Crippen molar-refractivity contribution >= 4 is 23.8 Å². The fraction of sp³-hybridized carbons (Fsp3) is 0.500. The molecule has 3 rings (SSSR count). The second-order valence-corrected chi connectivity index (χ2v) is 7.32. The van der Waals surface area contributed by atoms with Crippen LogP contribution in [0.15, 0.2) is 24.3 Å². The maximum atomic E-state index is 12.9. The molecule has 0 unspecified atom stereocenters. The molecular formula is C20H25FN4O4. The zero-order valence-electron chi connectivity index (χ0n) is 16.4. The van der Waals surface area contributed by atoms with Gasteiger partial charge in [0, 0.05) is 12.6 Å².